The summed E-state index contributed by atoms with van der Waals surface area (Å²) < 4.78 is 0. The maximum atomic E-state index is 6.01. The predicted octanol–water partition coefficient (Wildman–Crippen LogP) is 2.82. The molecule has 1 saturated carbocycles. The van der Waals surface area contributed by atoms with Gasteiger partial charge in [-0.1, -0.05) is 23.7 Å². The molecule has 2 nitrogen and oxygen atoms in total. The molecule has 1 fully saturated rings. The first-order valence-electron chi connectivity index (χ1n) is 5.81. The van der Waals surface area contributed by atoms with Gasteiger partial charge in [0, 0.05) is 23.1 Å². The number of nitrogens with zero attached hydrogens (tertiary/aromatic N) is 1. The molecule has 2 N–H and O–H groups in total. The molecule has 1 aliphatic rings. The summed E-state index contributed by atoms with van der Waals surface area (Å²) in [5.74, 6) is 0. The normalized spacial score (nSPS) is 26.6. The fourth-order valence-electron chi connectivity index (χ4n) is 2.28. The molecule has 0 bridgehead atoms. The summed E-state index contributed by atoms with van der Waals surface area (Å²) in [4.78, 5) is 2.40. The van der Waals surface area contributed by atoms with Crippen molar-refractivity contribution in [2.45, 2.75) is 37.9 Å². The summed E-state index contributed by atoms with van der Waals surface area (Å²) in [5, 5.41) is 0.808. The van der Waals surface area contributed by atoms with E-state index in [9.17, 15) is 0 Å². The summed E-state index contributed by atoms with van der Waals surface area (Å²) in [5.41, 5.74) is 7.10. The number of hydrogen-bond acceptors (Lipinski definition) is 2. The number of halogens is 1. The maximum absolute atomic E-state index is 6.01. The molecule has 16 heavy (non-hydrogen) atoms. The second-order valence-corrected chi connectivity index (χ2v) is 5.22. The van der Waals surface area contributed by atoms with Crippen LogP contribution in [0.2, 0.25) is 5.02 Å². The molecule has 0 spiro atoms. The third-order valence-electron chi connectivity index (χ3n) is 3.67. The lowest BCUT2D eigenvalue weighted by Gasteiger charge is -2.42. The Morgan fingerprint density at radius 3 is 2.69 bits per heavy atom. The van der Waals surface area contributed by atoms with Crippen molar-refractivity contribution >= 4 is 11.6 Å². The topological polar surface area (TPSA) is 29.3 Å². The molecule has 0 aliphatic heterocycles. The van der Waals surface area contributed by atoms with E-state index in [2.05, 4.69) is 24.9 Å². The van der Waals surface area contributed by atoms with E-state index in [0.29, 0.717) is 18.1 Å². The van der Waals surface area contributed by atoms with E-state index in [1.807, 2.05) is 18.2 Å². The van der Waals surface area contributed by atoms with Gasteiger partial charge in [0.25, 0.3) is 0 Å². The lowest BCUT2D eigenvalue weighted by Crippen LogP contribution is -2.49. The van der Waals surface area contributed by atoms with Crippen LogP contribution in [0.15, 0.2) is 24.3 Å². The van der Waals surface area contributed by atoms with Gasteiger partial charge >= 0.3 is 0 Å². The van der Waals surface area contributed by atoms with Crippen molar-refractivity contribution in [3.63, 3.8) is 0 Å². The zero-order valence-electron chi connectivity index (χ0n) is 9.86. The van der Waals surface area contributed by atoms with Gasteiger partial charge in [0.05, 0.1) is 0 Å². The minimum Gasteiger partial charge on any atom is -0.328 e. The van der Waals surface area contributed by atoms with Crippen molar-refractivity contribution in [3.05, 3.63) is 34.9 Å². The van der Waals surface area contributed by atoms with Crippen LogP contribution in [0.25, 0.3) is 0 Å². The highest BCUT2D eigenvalue weighted by molar-refractivity contribution is 6.30. The van der Waals surface area contributed by atoms with E-state index in [1.54, 1.807) is 0 Å². The molecular weight excluding hydrogens is 220 g/mol. The van der Waals surface area contributed by atoms with Crippen molar-refractivity contribution < 1.29 is 0 Å². The third kappa shape index (κ3) is 2.40. The quantitative estimate of drug-likeness (QED) is 0.878. The van der Waals surface area contributed by atoms with Crippen LogP contribution < -0.4 is 5.73 Å². The lowest BCUT2D eigenvalue weighted by molar-refractivity contribution is 0.102. The van der Waals surface area contributed by atoms with Gasteiger partial charge in [0.15, 0.2) is 0 Å². The first kappa shape index (κ1) is 11.9. The molecule has 1 aliphatic carbocycles. The molecule has 0 radical (unpaired) electrons. The Bertz CT molecular complexity index is 361. The molecule has 1 atom stereocenters. The minimum atomic E-state index is 0.399. The Morgan fingerprint density at radius 2 is 2.12 bits per heavy atom. The highest BCUT2D eigenvalue weighted by Crippen LogP contribution is 2.30. The second kappa shape index (κ2) is 4.74. The van der Waals surface area contributed by atoms with Crippen molar-refractivity contribution in [1.82, 2.24) is 4.90 Å². The van der Waals surface area contributed by atoms with Gasteiger partial charge in [-0.2, -0.15) is 0 Å². The number of benzene rings is 1. The van der Waals surface area contributed by atoms with Crippen LogP contribution in [0.5, 0.6) is 0 Å². The Labute approximate surface area is 102 Å². The van der Waals surface area contributed by atoms with Gasteiger partial charge < -0.3 is 5.73 Å². The van der Waals surface area contributed by atoms with Crippen molar-refractivity contribution in [2.24, 2.45) is 5.73 Å². The maximum Gasteiger partial charge on any atom is 0.0409 e. The third-order valence-corrected chi connectivity index (χ3v) is 3.90. The van der Waals surface area contributed by atoms with E-state index in [-0.39, 0.29) is 0 Å². The summed E-state index contributed by atoms with van der Waals surface area (Å²) >= 11 is 6.01. The Kier molecular flexibility index (Phi) is 3.53. The van der Waals surface area contributed by atoms with Crippen LogP contribution in [0.1, 0.15) is 31.4 Å². The predicted molar refractivity (Wildman–Crippen MR) is 68.6 cm³/mol. The van der Waals surface area contributed by atoms with Crippen LogP contribution in [0, 0.1) is 0 Å². The zero-order valence-corrected chi connectivity index (χ0v) is 10.6. The van der Waals surface area contributed by atoms with Gasteiger partial charge in [0.2, 0.25) is 0 Å². The second-order valence-electron chi connectivity index (χ2n) is 4.78. The largest absolute Gasteiger partial charge is 0.328 e. The van der Waals surface area contributed by atoms with Gasteiger partial charge in [-0.25, -0.2) is 0 Å². The first-order chi connectivity index (χ1) is 7.58. The SMILES string of the molecule is CC(c1cccc(Cl)c1)N(C)C1CC(N)C1. The fraction of sp³-hybridized carbons (Fsp3) is 0.538. The molecule has 0 amide bonds. The highest BCUT2D eigenvalue weighted by atomic mass is 35.5. The molecule has 88 valence electrons. The van der Waals surface area contributed by atoms with Crippen molar-refractivity contribution in [2.75, 3.05) is 7.05 Å². The van der Waals surface area contributed by atoms with E-state index < -0.39 is 0 Å². The first-order valence-corrected chi connectivity index (χ1v) is 6.18. The summed E-state index contributed by atoms with van der Waals surface area (Å²) in [6.45, 7) is 2.22. The zero-order chi connectivity index (χ0) is 11.7. The molecule has 1 aromatic rings. The summed E-state index contributed by atoms with van der Waals surface area (Å²) in [7, 11) is 2.17. The molecule has 2 rings (SSSR count). The number of rotatable bonds is 3. The molecule has 0 saturated heterocycles. The van der Waals surface area contributed by atoms with Gasteiger partial charge in [-0.15, -0.1) is 0 Å². The molecule has 1 aromatic carbocycles. The monoisotopic (exact) mass is 238 g/mol. The van der Waals surface area contributed by atoms with E-state index in [1.165, 1.54) is 5.56 Å². The average molecular weight is 239 g/mol. The lowest BCUT2D eigenvalue weighted by atomic mass is 9.85. The molecule has 0 heterocycles. The standard InChI is InChI=1S/C13H19ClN2/c1-9(10-4-3-5-11(14)6-10)16(2)13-7-12(15)8-13/h3-6,9,12-13H,7-8,15H2,1-2H3. The average Bonchev–Trinajstić information content (AvgIpc) is 2.23. The van der Waals surface area contributed by atoms with Gasteiger partial charge in [0.1, 0.15) is 0 Å². The Hall–Kier alpha value is -0.570. The van der Waals surface area contributed by atoms with Crippen LogP contribution in [0.3, 0.4) is 0 Å². The van der Waals surface area contributed by atoms with Gasteiger partial charge in [-0.3, -0.25) is 4.90 Å². The molecule has 3 heteroatoms. The Balaban J connectivity index is 2.04. The summed E-state index contributed by atoms with van der Waals surface area (Å²) in [6.07, 6.45) is 2.23. The van der Waals surface area contributed by atoms with E-state index in [4.69, 9.17) is 17.3 Å². The number of hydrogen-bond donors (Lipinski definition) is 1. The Morgan fingerprint density at radius 1 is 1.44 bits per heavy atom. The number of nitrogens with two attached hydrogens (primary N) is 1. The molecule has 0 aromatic heterocycles. The minimum absolute atomic E-state index is 0.399. The van der Waals surface area contributed by atoms with E-state index in [0.717, 1.165) is 17.9 Å². The van der Waals surface area contributed by atoms with E-state index >= 15 is 0 Å². The van der Waals surface area contributed by atoms with Crippen LogP contribution >= 0.6 is 11.6 Å². The van der Waals surface area contributed by atoms with Crippen molar-refractivity contribution in [1.29, 1.82) is 0 Å². The van der Waals surface area contributed by atoms with Gasteiger partial charge in [-0.05, 0) is 44.5 Å². The van der Waals surface area contributed by atoms with Crippen molar-refractivity contribution in [3.8, 4) is 0 Å². The molecular formula is C13H19ClN2. The van der Waals surface area contributed by atoms with Crippen LogP contribution in [0.4, 0.5) is 0 Å². The summed E-state index contributed by atoms with van der Waals surface area (Å²) in [6, 6.07) is 9.53. The van der Waals surface area contributed by atoms with Crippen LogP contribution in [-0.2, 0) is 0 Å². The van der Waals surface area contributed by atoms with Crippen LogP contribution in [-0.4, -0.2) is 24.0 Å². The smallest absolute Gasteiger partial charge is 0.0409 e. The molecule has 1 unspecified atom stereocenters. The highest BCUT2D eigenvalue weighted by Gasteiger charge is 2.31. The fourth-order valence-corrected chi connectivity index (χ4v) is 2.48.